The van der Waals surface area contributed by atoms with Crippen LogP contribution < -0.4 is 0 Å². The quantitative estimate of drug-likeness (QED) is 0.610. The van der Waals surface area contributed by atoms with Crippen LogP contribution in [0.25, 0.3) is 0 Å². The van der Waals surface area contributed by atoms with Crippen molar-refractivity contribution in [1.29, 1.82) is 0 Å². The molecule has 3 saturated heterocycles. The number of nitrogens with zero attached hydrogens (tertiary/aromatic N) is 2. The molecule has 0 aliphatic carbocycles. The minimum absolute atomic E-state index is 0.103. The first kappa shape index (κ1) is 14.3. The van der Waals surface area contributed by atoms with E-state index >= 15 is 0 Å². The van der Waals surface area contributed by atoms with Gasteiger partial charge in [0.05, 0.1) is 5.56 Å². The second-order valence-electron chi connectivity index (χ2n) is 4.59. The molecule has 5 heteroatoms. The average molecular weight is 283 g/mol. The minimum atomic E-state index is -0.388. The van der Waals surface area contributed by atoms with Gasteiger partial charge in [-0.3, -0.25) is 9.80 Å². The Morgan fingerprint density at radius 1 is 1.00 bits per heavy atom. The summed E-state index contributed by atoms with van der Waals surface area (Å²) < 4.78 is 4.55. The van der Waals surface area contributed by atoms with E-state index in [-0.39, 0.29) is 12.0 Å². The van der Waals surface area contributed by atoms with Crippen LogP contribution in [0.15, 0.2) is 30.3 Å². The summed E-state index contributed by atoms with van der Waals surface area (Å²) >= 11 is 5.20. The van der Waals surface area contributed by atoms with Crippen molar-refractivity contribution in [2.24, 2.45) is 0 Å². The summed E-state index contributed by atoms with van der Waals surface area (Å²) in [5.41, 5.74) is 0.521. The number of alkyl halides is 1. The lowest BCUT2D eigenvalue weighted by Gasteiger charge is -2.41. The number of fused-ring (bicyclic) bond motifs is 3. The van der Waals surface area contributed by atoms with Gasteiger partial charge in [0.25, 0.3) is 0 Å². The summed E-state index contributed by atoms with van der Waals surface area (Å²) in [6, 6.07) is 8.62. The van der Waals surface area contributed by atoms with E-state index in [2.05, 4.69) is 14.5 Å². The summed E-state index contributed by atoms with van der Waals surface area (Å²) in [7, 11) is 0. The Morgan fingerprint density at radius 3 is 1.84 bits per heavy atom. The standard InChI is InChI=1S/C8H7ClO2.C6H12N2/c9-6-11-8(10)7-4-2-1-3-5-7;1-2-8-5-3-7(1)4-6-8/h1-5H,6H2;1-6H2. The molecule has 4 rings (SSSR count). The van der Waals surface area contributed by atoms with Crippen molar-refractivity contribution >= 4 is 17.6 Å². The molecule has 1 aromatic carbocycles. The second-order valence-corrected chi connectivity index (χ2v) is 4.81. The fraction of sp³-hybridized carbons (Fsp3) is 0.500. The Morgan fingerprint density at radius 2 is 1.47 bits per heavy atom. The third-order valence-electron chi connectivity index (χ3n) is 3.39. The van der Waals surface area contributed by atoms with Crippen molar-refractivity contribution < 1.29 is 9.53 Å². The Kier molecular flexibility index (Phi) is 5.63. The van der Waals surface area contributed by atoms with Gasteiger partial charge in [-0.05, 0) is 12.1 Å². The van der Waals surface area contributed by atoms with Crippen LogP contribution in [-0.2, 0) is 4.74 Å². The van der Waals surface area contributed by atoms with Crippen LogP contribution in [0.3, 0.4) is 0 Å². The highest BCUT2D eigenvalue weighted by molar-refractivity contribution is 6.17. The van der Waals surface area contributed by atoms with E-state index in [0.29, 0.717) is 5.56 Å². The van der Waals surface area contributed by atoms with E-state index in [9.17, 15) is 4.79 Å². The van der Waals surface area contributed by atoms with Crippen molar-refractivity contribution in [2.75, 3.05) is 45.3 Å². The van der Waals surface area contributed by atoms with E-state index in [1.54, 1.807) is 24.3 Å². The summed E-state index contributed by atoms with van der Waals surface area (Å²) in [4.78, 5) is 16.0. The van der Waals surface area contributed by atoms with Crippen LogP contribution in [0, 0.1) is 0 Å². The summed E-state index contributed by atoms with van der Waals surface area (Å²) in [5.74, 6) is -0.388. The third-order valence-corrected chi connectivity index (χ3v) is 3.50. The van der Waals surface area contributed by atoms with E-state index in [0.717, 1.165) is 0 Å². The molecule has 0 aromatic heterocycles. The van der Waals surface area contributed by atoms with Gasteiger partial charge in [0, 0.05) is 39.3 Å². The number of rotatable bonds is 2. The fourth-order valence-electron chi connectivity index (χ4n) is 2.23. The lowest BCUT2D eigenvalue weighted by Crippen LogP contribution is -2.55. The van der Waals surface area contributed by atoms with Crippen LogP contribution in [-0.4, -0.2) is 61.1 Å². The fourth-order valence-corrected chi connectivity index (χ4v) is 2.33. The largest absolute Gasteiger partial charge is 0.446 e. The minimum Gasteiger partial charge on any atom is -0.446 e. The van der Waals surface area contributed by atoms with Crippen LogP contribution in [0.4, 0.5) is 0 Å². The van der Waals surface area contributed by atoms with Gasteiger partial charge in [0.1, 0.15) is 0 Å². The molecule has 19 heavy (non-hydrogen) atoms. The highest BCUT2D eigenvalue weighted by Gasteiger charge is 2.21. The van der Waals surface area contributed by atoms with Gasteiger partial charge < -0.3 is 4.74 Å². The van der Waals surface area contributed by atoms with Crippen LogP contribution in [0.5, 0.6) is 0 Å². The maximum Gasteiger partial charge on any atom is 0.339 e. The predicted molar refractivity (Wildman–Crippen MR) is 75.5 cm³/mol. The van der Waals surface area contributed by atoms with Gasteiger partial charge in [0.2, 0.25) is 0 Å². The molecule has 3 fully saturated rings. The van der Waals surface area contributed by atoms with Crippen molar-refractivity contribution in [2.45, 2.75) is 0 Å². The number of hydrogen-bond acceptors (Lipinski definition) is 4. The molecule has 0 atom stereocenters. The lowest BCUT2D eigenvalue weighted by molar-refractivity contribution is 0.0574. The SMILES string of the molecule is C1CN2CCN1CC2.O=C(OCCl)c1ccccc1. The second kappa shape index (κ2) is 7.48. The number of piperazine rings is 3. The molecule has 4 nitrogen and oxygen atoms in total. The first-order chi connectivity index (χ1) is 9.29. The highest BCUT2D eigenvalue weighted by atomic mass is 35.5. The maximum atomic E-state index is 10.9. The molecule has 3 aliphatic rings. The number of carbonyl (C=O) groups is 1. The van der Waals surface area contributed by atoms with Gasteiger partial charge >= 0.3 is 5.97 Å². The number of hydrogen-bond donors (Lipinski definition) is 0. The first-order valence-electron chi connectivity index (χ1n) is 6.52. The number of esters is 1. The zero-order valence-electron chi connectivity index (χ0n) is 10.9. The highest BCUT2D eigenvalue weighted by Crippen LogP contribution is 2.06. The molecule has 3 heterocycles. The van der Waals surface area contributed by atoms with Gasteiger partial charge in [-0.15, -0.1) is 0 Å². The van der Waals surface area contributed by atoms with E-state index in [4.69, 9.17) is 11.6 Å². The van der Waals surface area contributed by atoms with Gasteiger partial charge in [-0.25, -0.2) is 4.79 Å². The van der Waals surface area contributed by atoms with Gasteiger partial charge in [0.15, 0.2) is 6.07 Å². The van der Waals surface area contributed by atoms with Crippen molar-refractivity contribution in [3.63, 3.8) is 0 Å². The van der Waals surface area contributed by atoms with E-state index in [1.807, 2.05) is 6.07 Å². The zero-order valence-corrected chi connectivity index (χ0v) is 11.7. The smallest absolute Gasteiger partial charge is 0.339 e. The molecule has 0 saturated carbocycles. The number of halogens is 1. The summed E-state index contributed by atoms with van der Waals surface area (Å²) in [6.45, 7) is 7.92. The van der Waals surface area contributed by atoms with Crippen LogP contribution in [0.1, 0.15) is 10.4 Å². The molecule has 104 valence electrons. The average Bonchev–Trinajstić information content (AvgIpc) is 2.51. The van der Waals surface area contributed by atoms with Gasteiger partial charge in [-0.2, -0.15) is 0 Å². The molecule has 3 aliphatic heterocycles. The Bertz CT molecular complexity index is 369. The third kappa shape index (κ3) is 4.49. The molecular formula is C14H19ClN2O2. The molecular weight excluding hydrogens is 264 g/mol. The Hall–Kier alpha value is -1.10. The van der Waals surface area contributed by atoms with Crippen molar-refractivity contribution in [3.8, 4) is 0 Å². The molecule has 1 aromatic rings. The molecule has 0 amide bonds. The molecule has 2 bridgehead atoms. The first-order valence-corrected chi connectivity index (χ1v) is 7.06. The van der Waals surface area contributed by atoms with Gasteiger partial charge in [-0.1, -0.05) is 29.8 Å². The molecule has 0 unspecified atom stereocenters. The Balaban J connectivity index is 0.000000146. The maximum absolute atomic E-state index is 10.9. The number of benzene rings is 1. The van der Waals surface area contributed by atoms with E-state index < -0.39 is 0 Å². The molecule has 0 radical (unpaired) electrons. The van der Waals surface area contributed by atoms with Crippen molar-refractivity contribution in [3.05, 3.63) is 35.9 Å². The Labute approximate surface area is 118 Å². The van der Waals surface area contributed by atoms with Crippen LogP contribution >= 0.6 is 11.6 Å². The zero-order chi connectivity index (χ0) is 13.5. The monoisotopic (exact) mass is 282 g/mol. The summed E-state index contributed by atoms with van der Waals surface area (Å²) in [5, 5.41) is 0. The van der Waals surface area contributed by atoms with Crippen molar-refractivity contribution in [1.82, 2.24) is 9.80 Å². The van der Waals surface area contributed by atoms with Crippen LogP contribution in [0.2, 0.25) is 0 Å². The molecule has 0 spiro atoms. The lowest BCUT2D eigenvalue weighted by atomic mass is 10.2. The number of carbonyl (C=O) groups excluding carboxylic acids is 1. The predicted octanol–water partition coefficient (Wildman–Crippen LogP) is 1.66. The normalized spacial score (nSPS) is 24.3. The topological polar surface area (TPSA) is 32.8 Å². The molecule has 0 N–H and O–H groups in total. The summed E-state index contributed by atoms with van der Waals surface area (Å²) in [6.07, 6.45) is 0. The van der Waals surface area contributed by atoms with E-state index in [1.165, 1.54) is 39.3 Å². The number of ether oxygens (including phenoxy) is 1.